The van der Waals surface area contributed by atoms with Crippen molar-refractivity contribution in [3.8, 4) is 0 Å². The third kappa shape index (κ3) is 4.00. The smallest absolute Gasteiger partial charge is 0.166 e. The highest BCUT2D eigenvalue weighted by atomic mass is 35.5. The van der Waals surface area contributed by atoms with Gasteiger partial charge in [-0.2, -0.15) is 5.10 Å². The Morgan fingerprint density at radius 1 is 1.08 bits per heavy atom. The molecule has 0 aromatic carbocycles. The van der Waals surface area contributed by atoms with Gasteiger partial charge in [0.2, 0.25) is 0 Å². The Morgan fingerprint density at radius 3 is 2.78 bits per heavy atom. The summed E-state index contributed by atoms with van der Waals surface area (Å²) in [5.41, 5.74) is 6.50. The summed E-state index contributed by atoms with van der Waals surface area (Å²) < 4.78 is 11.3. The molecule has 6 heterocycles. The molecule has 0 atom stereocenters. The number of aromatic nitrogens is 6. The molecule has 0 radical (unpaired) electrons. The van der Waals surface area contributed by atoms with E-state index in [1.54, 1.807) is 6.33 Å². The first-order valence-corrected chi connectivity index (χ1v) is 12.8. The van der Waals surface area contributed by atoms with Gasteiger partial charge in [0.1, 0.15) is 5.65 Å². The quantitative estimate of drug-likeness (QED) is 0.289. The van der Waals surface area contributed by atoms with Crippen LogP contribution in [0.25, 0.3) is 11.2 Å². The summed E-state index contributed by atoms with van der Waals surface area (Å²) in [5.74, 6) is 0.916. The van der Waals surface area contributed by atoms with Gasteiger partial charge in [0, 0.05) is 36.2 Å². The van der Waals surface area contributed by atoms with Crippen molar-refractivity contribution in [2.75, 3.05) is 13.2 Å². The second kappa shape index (κ2) is 8.57. The standard InChI is InChI=1S/C27H25ClN6O2/c28-20-7-8-32-16-29-23(24(32)9-20)4-5-25(35)22-13-34(31-27(22)19-14-36-15-19)12-21-11-33-10-18(17-1-2-17)3-6-26(33)30-21/h3,6-11,13,16-17,19H,1-2,4-5,12,14-15H2. The van der Waals surface area contributed by atoms with Crippen molar-refractivity contribution < 1.29 is 9.53 Å². The van der Waals surface area contributed by atoms with Gasteiger partial charge in [0.15, 0.2) is 5.78 Å². The number of aryl methyl sites for hydroxylation is 1. The number of carbonyl (C=O) groups excluding carboxylic acids is 1. The maximum Gasteiger partial charge on any atom is 0.166 e. The van der Waals surface area contributed by atoms with Crippen LogP contribution in [0.2, 0.25) is 5.02 Å². The van der Waals surface area contributed by atoms with E-state index in [9.17, 15) is 4.79 Å². The van der Waals surface area contributed by atoms with Crippen LogP contribution in [-0.2, 0) is 17.7 Å². The van der Waals surface area contributed by atoms with E-state index in [0.717, 1.165) is 28.2 Å². The van der Waals surface area contributed by atoms with Crippen LogP contribution in [0.5, 0.6) is 0 Å². The molecule has 5 aromatic rings. The monoisotopic (exact) mass is 500 g/mol. The maximum atomic E-state index is 13.3. The summed E-state index contributed by atoms with van der Waals surface area (Å²) in [7, 11) is 0. The van der Waals surface area contributed by atoms with Gasteiger partial charge in [0.25, 0.3) is 0 Å². The van der Waals surface area contributed by atoms with E-state index in [1.165, 1.54) is 18.4 Å². The molecule has 1 aliphatic heterocycles. The van der Waals surface area contributed by atoms with E-state index in [0.29, 0.717) is 49.1 Å². The third-order valence-corrected chi connectivity index (χ3v) is 7.42. The fourth-order valence-electron chi connectivity index (χ4n) is 4.96. The van der Waals surface area contributed by atoms with E-state index < -0.39 is 0 Å². The van der Waals surface area contributed by atoms with Gasteiger partial charge in [-0.1, -0.05) is 17.7 Å². The topological polar surface area (TPSA) is 78.7 Å². The summed E-state index contributed by atoms with van der Waals surface area (Å²) in [4.78, 5) is 22.6. The lowest BCUT2D eigenvalue weighted by molar-refractivity contribution is 0.00622. The molecular weight excluding hydrogens is 476 g/mol. The van der Waals surface area contributed by atoms with Gasteiger partial charge < -0.3 is 13.5 Å². The summed E-state index contributed by atoms with van der Waals surface area (Å²) in [6, 6.07) is 7.97. The molecule has 9 heteroatoms. The predicted molar refractivity (Wildman–Crippen MR) is 135 cm³/mol. The van der Waals surface area contributed by atoms with Crippen molar-refractivity contribution in [1.29, 1.82) is 0 Å². The van der Waals surface area contributed by atoms with Gasteiger partial charge in [-0.05, 0) is 48.9 Å². The fraction of sp³-hybridized carbons (Fsp3) is 0.333. The largest absolute Gasteiger partial charge is 0.380 e. The van der Waals surface area contributed by atoms with E-state index in [2.05, 4.69) is 33.9 Å². The number of carbonyl (C=O) groups is 1. The average Bonchev–Trinajstić information content (AvgIpc) is 3.31. The molecule has 2 fully saturated rings. The Kier molecular flexibility index (Phi) is 5.18. The molecule has 8 nitrogen and oxygen atoms in total. The van der Waals surface area contributed by atoms with Crippen molar-refractivity contribution in [2.24, 2.45) is 0 Å². The molecule has 0 amide bonds. The van der Waals surface area contributed by atoms with Crippen LogP contribution in [-0.4, -0.2) is 47.5 Å². The molecule has 1 aliphatic carbocycles. The normalized spacial score (nSPS) is 16.1. The first-order chi connectivity index (χ1) is 17.6. The zero-order valence-corrected chi connectivity index (χ0v) is 20.4. The Hall–Kier alpha value is -3.49. The molecule has 0 bridgehead atoms. The number of nitrogens with zero attached hydrogens (tertiary/aromatic N) is 6. The van der Waals surface area contributed by atoms with Crippen LogP contribution < -0.4 is 0 Å². The minimum Gasteiger partial charge on any atom is -0.380 e. The zero-order chi connectivity index (χ0) is 24.2. The summed E-state index contributed by atoms with van der Waals surface area (Å²) in [6.07, 6.45) is 13.2. The number of fused-ring (bicyclic) bond motifs is 2. The van der Waals surface area contributed by atoms with E-state index in [-0.39, 0.29) is 11.7 Å². The van der Waals surface area contributed by atoms with Crippen LogP contribution in [0.1, 0.15) is 64.1 Å². The minimum absolute atomic E-state index is 0.0652. The van der Waals surface area contributed by atoms with Crippen LogP contribution in [0.3, 0.4) is 0 Å². The lowest BCUT2D eigenvalue weighted by Gasteiger charge is -2.24. The molecule has 1 saturated heterocycles. The van der Waals surface area contributed by atoms with Crippen molar-refractivity contribution in [2.45, 2.75) is 44.1 Å². The molecule has 0 N–H and O–H groups in total. The van der Waals surface area contributed by atoms with Crippen molar-refractivity contribution >= 4 is 28.5 Å². The number of hydrogen-bond acceptors (Lipinski definition) is 5. The first-order valence-electron chi connectivity index (χ1n) is 12.4. The van der Waals surface area contributed by atoms with E-state index in [4.69, 9.17) is 26.4 Å². The average molecular weight is 501 g/mol. The lowest BCUT2D eigenvalue weighted by atomic mass is 9.96. The van der Waals surface area contributed by atoms with Gasteiger partial charge in [-0.25, -0.2) is 9.97 Å². The van der Waals surface area contributed by atoms with Crippen LogP contribution in [0, 0.1) is 0 Å². The van der Waals surface area contributed by atoms with Crippen molar-refractivity contribution in [1.82, 2.24) is 28.5 Å². The number of hydrogen-bond donors (Lipinski definition) is 0. The predicted octanol–water partition coefficient (Wildman–Crippen LogP) is 4.69. The number of rotatable bonds is 8. The highest BCUT2D eigenvalue weighted by molar-refractivity contribution is 6.30. The molecule has 182 valence electrons. The van der Waals surface area contributed by atoms with Gasteiger partial charge in [-0.3, -0.25) is 9.48 Å². The molecule has 36 heavy (non-hydrogen) atoms. The first kappa shape index (κ1) is 21.8. The van der Waals surface area contributed by atoms with Crippen LogP contribution >= 0.6 is 11.6 Å². The number of imidazole rings is 2. The highest BCUT2D eigenvalue weighted by Gasteiger charge is 2.29. The number of ketones is 1. The number of ether oxygens (including phenoxy) is 1. The Bertz CT molecular complexity index is 1610. The Morgan fingerprint density at radius 2 is 1.97 bits per heavy atom. The number of pyridine rings is 2. The van der Waals surface area contributed by atoms with Gasteiger partial charge in [0.05, 0.1) is 60.2 Å². The fourth-order valence-corrected chi connectivity index (χ4v) is 5.12. The summed E-state index contributed by atoms with van der Waals surface area (Å²) in [6.45, 7) is 1.71. The van der Waals surface area contributed by atoms with E-state index in [1.807, 2.05) is 33.6 Å². The Balaban J connectivity index is 1.12. The summed E-state index contributed by atoms with van der Waals surface area (Å²) >= 11 is 6.17. The number of Topliss-reactive ketones (excluding diaryl/α,β-unsaturated/α-hetero) is 1. The maximum absolute atomic E-state index is 13.3. The zero-order valence-electron chi connectivity index (χ0n) is 19.7. The minimum atomic E-state index is 0.0652. The summed E-state index contributed by atoms with van der Waals surface area (Å²) in [5, 5.41) is 5.46. The molecule has 7 rings (SSSR count). The second-order valence-electron chi connectivity index (χ2n) is 9.85. The number of halogens is 1. The molecular formula is C27H25ClN6O2. The highest BCUT2D eigenvalue weighted by Crippen LogP contribution is 2.39. The van der Waals surface area contributed by atoms with Crippen molar-refractivity contribution in [3.63, 3.8) is 0 Å². The van der Waals surface area contributed by atoms with Gasteiger partial charge >= 0.3 is 0 Å². The third-order valence-electron chi connectivity index (χ3n) is 7.18. The van der Waals surface area contributed by atoms with Crippen LogP contribution in [0.4, 0.5) is 0 Å². The van der Waals surface area contributed by atoms with Crippen LogP contribution in [0.15, 0.2) is 55.4 Å². The van der Waals surface area contributed by atoms with E-state index >= 15 is 0 Å². The molecule has 2 aliphatic rings. The molecule has 5 aromatic heterocycles. The second-order valence-corrected chi connectivity index (χ2v) is 10.3. The Labute approximate surface area is 212 Å². The lowest BCUT2D eigenvalue weighted by Crippen LogP contribution is -2.27. The van der Waals surface area contributed by atoms with Crippen molar-refractivity contribution in [3.05, 3.63) is 88.6 Å². The molecule has 0 spiro atoms. The molecule has 0 unspecified atom stereocenters. The van der Waals surface area contributed by atoms with Gasteiger partial charge in [-0.15, -0.1) is 0 Å². The molecule has 1 saturated carbocycles. The SMILES string of the molecule is O=C(CCc1ncn2ccc(Cl)cc12)c1cn(Cc2cn3cc(C4CC4)ccc3n2)nc1C1COC1.